The minimum atomic E-state index is -1.70. The van der Waals surface area contributed by atoms with Crippen molar-refractivity contribution < 1.29 is 39.5 Å². The maximum Gasteiger partial charge on any atom is 0.407 e. The number of aliphatic hydroxyl groups excluding tert-OH is 4. The number of carbonyl (C=O) groups excluding carboxylic acids is 2. The van der Waals surface area contributed by atoms with Gasteiger partial charge in [0.2, 0.25) is 5.91 Å². The van der Waals surface area contributed by atoms with Crippen molar-refractivity contribution in [2.45, 2.75) is 55.3 Å². The normalized spacial score (nSPS) is 30.2. The van der Waals surface area contributed by atoms with E-state index in [0.717, 1.165) is 7.11 Å². The van der Waals surface area contributed by atoms with Gasteiger partial charge in [0.15, 0.2) is 6.23 Å². The minimum Gasteiger partial charge on any atom is -0.453 e. The topological polar surface area (TPSA) is 187 Å². The number of rotatable bonds is 7. The zero-order valence-corrected chi connectivity index (χ0v) is 15.2. The summed E-state index contributed by atoms with van der Waals surface area (Å²) in [4.78, 5) is 34.7. The zero-order valence-electron chi connectivity index (χ0n) is 14.4. The van der Waals surface area contributed by atoms with E-state index in [1.807, 2.05) is 0 Å². The van der Waals surface area contributed by atoms with Gasteiger partial charge in [-0.1, -0.05) is 0 Å². The van der Waals surface area contributed by atoms with E-state index in [2.05, 4.69) is 20.0 Å². The number of nitroso groups, excluding NO2 is 1. The summed E-state index contributed by atoms with van der Waals surface area (Å²) in [5.74, 6) is -0.874. The molecular weight excluding hydrogens is 374 g/mol. The standard InChI is InChI=1S/C13H23N3O9S/c1-13(2,26-16-23)9(14-12(22)24-3)10(21)15-11-8(20)7(19)6(18)5(4-17)25-11/h5-9,11,17-20H,4H2,1-3H3,(H,14,22)(H,15,21). The molecule has 0 radical (unpaired) electrons. The fraction of sp³-hybridized carbons (Fsp3) is 0.846. The van der Waals surface area contributed by atoms with Crippen LogP contribution in [0.25, 0.3) is 0 Å². The van der Waals surface area contributed by atoms with Crippen LogP contribution in [0, 0.1) is 4.91 Å². The van der Waals surface area contributed by atoms with Crippen LogP contribution >= 0.6 is 11.9 Å². The monoisotopic (exact) mass is 397 g/mol. The first-order chi connectivity index (χ1) is 12.1. The molecule has 6 N–H and O–H groups in total. The van der Waals surface area contributed by atoms with Crippen LogP contribution in [-0.2, 0) is 14.3 Å². The van der Waals surface area contributed by atoms with Crippen molar-refractivity contribution in [3.63, 3.8) is 0 Å². The highest BCUT2D eigenvalue weighted by Gasteiger charge is 2.46. The molecule has 0 aromatic carbocycles. The third kappa shape index (κ3) is 5.25. The number of nitrogens with zero attached hydrogens (tertiary/aromatic N) is 1. The second-order valence-corrected chi connectivity index (χ2v) is 7.48. The molecule has 6 unspecified atom stereocenters. The Morgan fingerprint density at radius 1 is 1.27 bits per heavy atom. The second kappa shape index (κ2) is 9.43. The van der Waals surface area contributed by atoms with Crippen LogP contribution in [0.5, 0.6) is 0 Å². The minimum absolute atomic E-state index is 0.497. The maximum absolute atomic E-state index is 12.6. The number of hydrogen-bond acceptors (Lipinski definition) is 11. The summed E-state index contributed by atoms with van der Waals surface area (Å²) in [6.07, 6.45) is -8.61. The molecule has 0 aromatic heterocycles. The first-order valence-electron chi connectivity index (χ1n) is 7.55. The molecule has 0 saturated carbocycles. The highest BCUT2D eigenvalue weighted by atomic mass is 32.2. The lowest BCUT2D eigenvalue weighted by atomic mass is 9.97. The molecule has 0 spiro atoms. The Kier molecular flexibility index (Phi) is 8.17. The summed E-state index contributed by atoms with van der Waals surface area (Å²) in [6.45, 7) is 2.26. The third-order valence-electron chi connectivity index (χ3n) is 3.85. The highest BCUT2D eigenvalue weighted by Crippen LogP contribution is 2.29. The number of nitrogens with one attached hydrogen (secondary N) is 2. The smallest absolute Gasteiger partial charge is 0.407 e. The van der Waals surface area contributed by atoms with E-state index in [-0.39, 0.29) is 0 Å². The lowest BCUT2D eigenvalue weighted by Gasteiger charge is -2.41. The van der Waals surface area contributed by atoms with Crippen molar-refractivity contribution >= 4 is 23.9 Å². The van der Waals surface area contributed by atoms with Crippen LogP contribution < -0.4 is 10.6 Å². The number of alkyl carbamates (subject to hydrolysis) is 1. The van der Waals surface area contributed by atoms with Crippen LogP contribution in [-0.4, -0.2) is 87.6 Å². The Hall–Kier alpha value is -1.51. The molecule has 1 aliphatic rings. The SMILES string of the molecule is COC(=O)NC(C(=O)NC1OC(CO)C(O)C(O)C1O)C(C)(C)SN=O. The van der Waals surface area contributed by atoms with Crippen molar-refractivity contribution in [1.82, 2.24) is 10.6 Å². The van der Waals surface area contributed by atoms with Gasteiger partial charge >= 0.3 is 6.09 Å². The lowest BCUT2D eigenvalue weighted by molar-refractivity contribution is -0.236. The molecule has 150 valence electrons. The molecule has 1 saturated heterocycles. The average Bonchev–Trinajstić information content (AvgIpc) is 2.59. The first kappa shape index (κ1) is 22.5. The Labute approximate surface area is 153 Å². The Balaban J connectivity index is 2.97. The summed E-state index contributed by atoms with van der Waals surface area (Å²) < 4.78 is 11.1. The zero-order chi connectivity index (χ0) is 20.1. The van der Waals surface area contributed by atoms with Crippen molar-refractivity contribution in [3.05, 3.63) is 4.91 Å². The molecule has 1 aliphatic heterocycles. The van der Waals surface area contributed by atoms with Crippen molar-refractivity contribution in [3.8, 4) is 0 Å². The van der Waals surface area contributed by atoms with Gasteiger partial charge in [-0.15, -0.1) is 4.91 Å². The van der Waals surface area contributed by atoms with E-state index in [1.54, 1.807) is 0 Å². The summed E-state index contributed by atoms with van der Waals surface area (Å²) in [5.41, 5.74) is 0. The number of methoxy groups -OCH3 is 1. The number of hydrogen-bond donors (Lipinski definition) is 6. The Morgan fingerprint density at radius 2 is 1.88 bits per heavy atom. The number of aliphatic hydroxyl groups is 4. The number of ether oxygens (including phenoxy) is 2. The van der Waals surface area contributed by atoms with E-state index >= 15 is 0 Å². The third-order valence-corrected chi connectivity index (χ3v) is 4.64. The van der Waals surface area contributed by atoms with Gasteiger partial charge in [-0.2, -0.15) is 0 Å². The molecule has 1 rings (SSSR count). The molecule has 13 heteroatoms. The van der Waals surface area contributed by atoms with E-state index in [9.17, 15) is 29.8 Å². The Morgan fingerprint density at radius 3 is 2.38 bits per heavy atom. The molecule has 26 heavy (non-hydrogen) atoms. The predicted molar refractivity (Wildman–Crippen MR) is 88.7 cm³/mol. The average molecular weight is 397 g/mol. The molecule has 0 bridgehead atoms. The summed E-state index contributed by atoms with van der Waals surface area (Å²) in [7, 11) is 1.08. The van der Waals surface area contributed by atoms with Gasteiger partial charge in [0.25, 0.3) is 0 Å². The van der Waals surface area contributed by atoms with Crippen LogP contribution in [0.1, 0.15) is 13.8 Å². The molecule has 2 amide bonds. The predicted octanol–water partition coefficient (Wildman–Crippen LogP) is -2.18. The van der Waals surface area contributed by atoms with Gasteiger partial charge in [-0.05, 0) is 13.8 Å². The lowest BCUT2D eigenvalue weighted by Crippen LogP contribution is -2.66. The largest absolute Gasteiger partial charge is 0.453 e. The van der Waals surface area contributed by atoms with Crippen LogP contribution in [0.2, 0.25) is 0 Å². The maximum atomic E-state index is 12.6. The van der Waals surface area contributed by atoms with E-state index in [0.29, 0.717) is 11.9 Å². The molecule has 6 atom stereocenters. The van der Waals surface area contributed by atoms with Gasteiger partial charge in [0.05, 0.1) is 18.5 Å². The van der Waals surface area contributed by atoms with Crippen LogP contribution in [0.4, 0.5) is 4.79 Å². The van der Waals surface area contributed by atoms with Crippen molar-refractivity contribution in [1.29, 1.82) is 0 Å². The van der Waals surface area contributed by atoms with E-state index in [4.69, 9.17) is 9.84 Å². The molecule has 12 nitrogen and oxygen atoms in total. The summed E-state index contributed by atoms with van der Waals surface area (Å²) >= 11 is 0.497. The highest BCUT2D eigenvalue weighted by molar-refractivity contribution is 7.99. The molecular formula is C13H23N3O9S. The number of amides is 2. The van der Waals surface area contributed by atoms with Gasteiger partial charge < -0.3 is 40.5 Å². The molecule has 1 heterocycles. The van der Waals surface area contributed by atoms with Gasteiger partial charge in [-0.3, -0.25) is 4.79 Å². The second-order valence-electron chi connectivity index (χ2n) is 6.10. The quantitative estimate of drug-likeness (QED) is 0.204. The number of carbonyl (C=O) groups is 2. The van der Waals surface area contributed by atoms with Gasteiger partial charge in [0, 0.05) is 16.5 Å². The molecule has 0 aliphatic carbocycles. The summed E-state index contributed by atoms with van der Waals surface area (Å²) in [5, 5.41) is 43.1. The molecule has 0 aromatic rings. The Bertz CT molecular complexity index is 519. The van der Waals surface area contributed by atoms with Crippen LogP contribution in [0.15, 0.2) is 4.58 Å². The van der Waals surface area contributed by atoms with Gasteiger partial charge in [0.1, 0.15) is 30.5 Å². The first-order valence-corrected chi connectivity index (χ1v) is 8.32. The van der Waals surface area contributed by atoms with Crippen molar-refractivity contribution in [2.75, 3.05) is 13.7 Å². The van der Waals surface area contributed by atoms with Crippen LogP contribution in [0.3, 0.4) is 0 Å². The molecule has 1 fully saturated rings. The van der Waals surface area contributed by atoms with Crippen molar-refractivity contribution in [2.24, 2.45) is 4.58 Å². The summed E-state index contributed by atoms with van der Waals surface area (Å²) in [6, 6.07) is -1.33. The van der Waals surface area contributed by atoms with Gasteiger partial charge in [-0.25, -0.2) is 4.79 Å². The van der Waals surface area contributed by atoms with E-state index < -0.39 is 60.0 Å². The van der Waals surface area contributed by atoms with E-state index in [1.165, 1.54) is 13.8 Å². The fourth-order valence-corrected chi connectivity index (χ4v) is 2.79. The fourth-order valence-electron chi connectivity index (χ4n) is 2.32.